The van der Waals surface area contributed by atoms with E-state index in [0.717, 1.165) is 0 Å². The normalized spacial score (nSPS) is 9.95. The lowest BCUT2D eigenvalue weighted by Gasteiger charge is -2.06. The van der Waals surface area contributed by atoms with E-state index >= 15 is 0 Å². The number of aryl methyl sites for hydroxylation is 1. The summed E-state index contributed by atoms with van der Waals surface area (Å²) in [5.41, 5.74) is 0.498. The van der Waals surface area contributed by atoms with Gasteiger partial charge in [-0.3, -0.25) is 14.9 Å². The van der Waals surface area contributed by atoms with Crippen LogP contribution >= 0.6 is 0 Å². The summed E-state index contributed by atoms with van der Waals surface area (Å²) in [6, 6.07) is 4.34. The van der Waals surface area contributed by atoms with E-state index in [2.05, 4.69) is 10.1 Å². The van der Waals surface area contributed by atoms with Crippen LogP contribution in [0.2, 0.25) is 0 Å². The molecule has 0 fully saturated rings. The second kappa shape index (κ2) is 6.45. The number of nitrogens with zero attached hydrogens (tertiary/aromatic N) is 1. The molecule has 0 saturated carbocycles. The first kappa shape index (κ1) is 14.6. The summed E-state index contributed by atoms with van der Waals surface area (Å²) in [5.74, 6) is -1.86. The quantitative estimate of drug-likeness (QED) is 0.585. The fourth-order valence-corrected chi connectivity index (χ4v) is 1.32. The standard InChI is InChI=1S/C11H12N2O6/c1-7-2-3-8(9(4-7)13(17)18)12-10(14)5-19-6-11(15)16/h2-4H,5-6H2,1H3,(H,12,14)(H,15,16). The molecule has 8 heteroatoms. The Morgan fingerprint density at radius 3 is 2.68 bits per heavy atom. The molecule has 0 aromatic heterocycles. The number of ether oxygens (including phenoxy) is 1. The number of nitro groups is 1. The van der Waals surface area contributed by atoms with Gasteiger partial charge in [0.1, 0.15) is 18.9 Å². The second-order valence-corrected chi connectivity index (χ2v) is 3.71. The number of aliphatic carboxylic acids is 1. The summed E-state index contributed by atoms with van der Waals surface area (Å²) >= 11 is 0. The SMILES string of the molecule is Cc1ccc(NC(=O)COCC(=O)O)c([N+](=O)[O-])c1. The van der Waals surface area contributed by atoms with Crippen molar-refractivity contribution in [2.75, 3.05) is 18.5 Å². The van der Waals surface area contributed by atoms with E-state index < -0.39 is 30.0 Å². The van der Waals surface area contributed by atoms with Crippen molar-refractivity contribution in [1.29, 1.82) is 0 Å². The topological polar surface area (TPSA) is 119 Å². The molecule has 1 aromatic carbocycles. The van der Waals surface area contributed by atoms with Gasteiger partial charge in [-0.2, -0.15) is 0 Å². The van der Waals surface area contributed by atoms with Crippen LogP contribution in [0.5, 0.6) is 0 Å². The van der Waals surface area contributed by atoms with Gasteiger partial charge < -0.3 is 15.2 Å². The highest BCUT2D eigenvalue weighted by atomic mass is 16.6. The molecule has 0 bridgehead atoms. The van der Waals surface area contributed by atoms with Crippen LogP contribution in [0, 0.1) is 17.0 Å². The van der Waals surface area contributed by atoms with E-state index in [1.807, 2.05) is 0 Å². The Labute approximate surface area is 108 Å². The maximum Gasteiger partial charge on any atom is 0.329 e. The number of nitro benzene ring substituents is 1. The zero-order valence-corrected chi connectivity index (χ0v) is 10.1. The van der Waals surface area contributed by atoms with Crippen LogP contribution in [0.25, 0.3) is 0 Å². The number of nitrogens with one attached hydrogen (secondary N) is 1. The van der Waals surface area contributed by atoms with Crippen LogP contribution < -0.4 is 5.32 Å². The minimum Gasteiger partial charge on any atom is -0.480 e. The molecule has 0 unspecified atom stereocenters. The number of amides is 1. The molecular weight excluding hydrogens is 256 g/mol. The summed E-state index contributed by atoms with van der Waals surface area (Å²) in [6.07, 6.45) is 0. The lowest BCUT2D eigenvalue weighted by molar-refractivity contribution is -0.384. The van der Waals surface area contributed by atoms with Crippen LogP contribution in [-0.2, 0) is 14.3 Å². The van der Waals surface area contributed by atoms with E-state index in [4.69, 9.17) is 5.11 Å². The third-order valence-electron chi connectivity index (χ3n) is 2.08. The summed E-state index contributed by atoms with van der Waals surface area (Å²) in [5, 5.41) is 21.4. The lowest BCUT2D eigenvalue weighted by Crippen LogP contribution is -2.21. The molecular formula is C11H12N2O6. The lowest BCUT2D eigenvalue weighted by atomic mass is 10.2. The number of carbonyl (C=O) groups is 2. The Bertz CT molecular complexity index is 514. The average molecular weight is 268 g/mol. The number of rotatable bonds is 6. The van der Waals surface area contributed by atoms with Gasteiger partial charge in [0.2, 0.25) is 0 Å². The summed E-state index contributed by atoms with van der Waals surface area (Å²) in [7, 11) is 0. The minimum absolute atomic E-state index is 0.0412. The van der Waals surface area contributed by atoms with Crippen molar-refractivity contribution in [3.63, 3.8) is 0 Å². The Balaban J connectivity index is 2.68. The molecule has 0 radical (unpaired) electrons. The van der Waals surface area contributed by atoms with Crippen molar-refractivity contribution in [2.24, 2.45) is 0 Å². The molecule has 2 N–H and O–H groups in total. The van der Waals surface area contributed by atoms with E-state index in [9.17, 15) is 19.7 Å². The molecule has 1 amide bonds. The molecule has 0 aliphatic rings. The molecule has 1 rings (SSSR count). The zero-order valence-electron chi connectivity index (χ0n) is 10.1. The van der Waals surface area contributed by atoms with Gasteiger partial charge in [0.15, 0.2) is 0 Å². The maximum absolute atomic E-state index is 11.4. The summed E-state index contributed by atoms with van der Waals surface area (Å²) in [6.45, 7) is 0.593. The number of benzene rings is 1. The van der Waals surface area contributed by atoms with Crippen molar-refractivity contribution in [3.05, 3.63) is 33.9 Å². The summed E-state index contributed by atoms with van der Waals surface area (Å²) < 4.78 is 4.57. The minimum atomic E-state index is -1.20. The van der Waals surface area contributed by atoms with E-state index in [0.29, 0.717) is 5.56 Å². The number of carboxylic acid groups (broad SMARTS) is 1. The predicted octanol–water partition coefficient (Wildman–Crippen LogP) is 0.943. The van der Waals surface area contributed by atoms with Gasteiger partial charge in [-0.25, -0.2) is 4.79 Å². The monoisotopic (exact) mass is 268 g/mol. The fourth-order valence-electron chi connectivity index (χ4n) is 1.32. The number of hydrogen-bond donors (Lipinski definition) is 2. The smallest absolute Gasteiger partial charge is 0.329 e. The molecule has 8 nitrogen and oxygen atoms in total. The third-order valence-corrected chi connectivity index (χ3v) is 2.08. The van der Waals surface area contributed by atoms with E-state index in [-0.39, 0.29) is 11.4 Å². The van der Waals surface area contributed by atoms with Crippen LogP contribution in [0.1, 0.15) is 5.56 Å². The van der Waals surface area contributed by atoms with Gasteiger partial charge in [0.05, 0.1) is 4.92 Å². The molecule has 0 saturated heterocycles. The van der Waals surface area contributed by atoms with E-state index in [1.165, 1.54) is 12.1 Å². The number of anilines is 1. The summed E-state index contributed by atoms with van der Waals surface area (Å²) in [4.78, 5) is 31.8. The van der Waals surface area contributed by atoms with Gasteiger partial charge in [0, 0.05) is 6.07 Å². The van der Waals surface area contributed by atoms with Crippen molar-refractivity contribution in [1.82, 2.24) is 0 Å². The first-order chi connectivity index (χ1) is 8.90. The molecule has 0 aliphatic heterocycles. The Hall–Kier alpha value is -2.48. The van der Waals surface area contributed by atoms with Crippen molar-refractivity contribution >= 4 is 23.3 Å². The van der Waals surface area contributed by atoms with Crippen molar-refractivity contribution in [2.45, 2.75) is 6.92 Å². The first-order valence-corrected chi connectivity index (χ1v) is 5.24. The predicted molar refractivity (Wildman–Crippen MR) is 64.9 cm³/mol. The third kappa shape index (κ3) is 4.72. The fraction of sp³-hybridized carbons (Fsp3) is 0.273. The maximum atomic E-state index is 11.4. The van der Waals surface area contributed by atoms with Gasteiger partial charge in [-0.1, -0.05) is 6.07 Å². The Morgan fingerprint density at radius 2 is 2.11 bits per heavy atom. The zero-order chi connectivity index (χ0) is 14.4. The highest BCUT2D eigenvalue weighted by Gasteiger charge is 2.16. The highest BCUT2D eigenvalue weighted by Crippen LogP contribution is 2.25. The van der Waals surface area contributed by atoms with Crippen molar-refractivity contribution < 1.29 is 24.4 Å². The average Bonchev–Trinajstić information content (AvgIpc) is 2.30. The molecule has 0 heterocycles. The Morgan fingerprint density at radius 1 is 1.42 bits per heavy atom. The number of carbonyl (C=O) groups excluding carboxylic acids is 1. The van der Waals surface area contributed by atoms with Crippen LogP contribution in [0.15, 0.2) is 18.2 Å². The van der Waals surface area contributed by atoms with Crippen LogP contribution in [0.3, 0.4) is 0 Å². The van der Waals surface area contributed by atoms with Gasteiger partial charge in [-0.05, 0) is 18.6 Å². The Kier molecular flexibility index (Phi) is 4.95. The van der Waals surface area contributed by atoms with Crippen LogP contribution in [-0.4, -0.2) is 35.1 Å². The van der Waals surface area contributed by atoms with Crippen molar-refractivity contribution in [3.8, 4) is 0 Å². The molecule has 102 valence electrons. The molecule has 0 spiro atoms. The number of carboxylic acids is 1. The van der Waals surface area contributed by atoms with Crippen LogP contribution in [0.4, 0.5) is 11.4 Å². The largest absolute Gasteiger partial charge is 0.480 e. The molecule has 1 aromatic rings. The van der Waals surface area contributed by atoms with Gasteiger partial charge in [0.25, 0.3) is 11.6 Å². The van der Waals surface area contributed by atoms with E-state index in [1.54, 1.807) is 13.0 Å². The molecule has 0 aliphatic carbocycles. The number of hydrogen-bond acceptors (Lipinski definition) is 5. The molecule has 19 heavy (non-hydrogen) atoms. The van der Waals surface area contributed by atoms with Gasteiger partial charge >= 0.3 is 5.97 Å². The highest BCUT2D eigenvalue weighted by molar-refractivity contribution is 5.94. The first-order valence-electron chi connectivity index (χ1n) is 5.24. The second-order valence-electron chi connectivity index (χ2n) is 3.71. The van der Waals surface area contributed by atoms with Gasteiger partial charge in [-0.15, -0.1) is 0 Å². The molecule has 0 atom stereocenters.